The minimum absolute atomic E-state index is 0.0116. The molecular weight excluding hydrogens is 336 g/mol. The lowest BCUT2D eigenvalue weighted by molar-refractivity contribution is -0.385. The fraction of sp³-hybridized carbons (Fsp3) is 0.333. The van der Waals surface area contributed by atoms with Gasteiger partial charge in [-0.1, -0.05) is 12.1 Å². The maximum Gasteiger partial charge on any atom is 0.273 e. The molecule has 0 aliphatic heterocycles. The Labute approximate surface area is 138 Å². The van der Waals surface area contributed by atoms with E-state index in [4.69, 9.17) is 0 Å². The lowest BCUT2D eigenvalue weighted by Gasteiger charge is -2.21. The Morgan fingerprint density at radius 1 is 1.35 bits per heavy atom. The maximum atomic E-state index is 12.9. The van der Waals surface area contributed by atoms with Crippen molar-refractivity contribution >= 4 is 27.0 Å². The van der Waals surface area contributed by atoms with Gasteiger partial charge in [-0.2, -0.15) is 4.31 Å². The van der Waals surface area contributed by atoms with Crippen molar-refractivity contribution in [3.05, 3.63) is 56.3 Å². The predicted octanol–water partition coefficient (Wildman–Crippen LogP) is 3.32. The molecule has 0 amide bonds. The minimum atomic E-state index is -3.75. The second kappa shape index (κ2) is 6.03. The van der Waals surface area contributed by atoms with Gasteiger partial charge in [-0.25, -0.2) is 8.42 Å². The Morgan fingerprint density at radius 2 is 2.09 bits per heavy atom. The largest absolute Gasteiger partial charge is 0.273 e. The quantitative estimate of drug-likeness (QED) is 0.590. The van der Waals surface area contributed by atoms with Gasteiger partial charge < -0.3 is 0 Å². The highest BCUT2D eigenvalue weighted by molar-refractivity contribution is 7.89. The molecule has 0 unspecified atom stereocenters. The van der Waals surface area contributed by atoms with Crippen molar-refractivity contribution < 1.29 is 13.3 Å². The van der Waals surface area contributed by atoms with Crippen LogP contribution in [0.1, 0.15) is 23.3 Å². The number of benzene rings is 1. The normalized spacial score (nSPS) is 15.0. The van der Waals surface area contributed by atoms with Crippen LogP contribution in [-0.2, 0) is 16.6 Å². The highest BCUT2D eigenvalue weighted by atomic mass is 32.2. The molecule has 1 aliphatic carbocycles. The fourth-order valence-corrected chi connectivity index (χ4v) is 4.88. The molecule has 1 aromatic carbocycles. The Balaban J connectivity index is 1.98. The number of thiophene rings is 1. The van der Waals surface area contributed by atoms with Crippen molar-refractivity contribution in [2.75, 3.05) is 0 Å². The van der Waals surface area contributed by atoms with Crippen LogP contribution >= 0.6 is 11.3 Å². The number of nitro benzene ring substituents is 1. The van der Waals surface area contributed by atoms with Crippen molar-refractivity contribution in [1.29, 1.82) is 0 Å². The first-order valence-corrected chi connectivity index (χ1v) is 9.51. The molecule has 3 rings (SSSR count). The highest BCUT2D eigenvalue weighted by Crippen LogP contribution is 2.35. The van der Waals surface area contributed by atoms with Crippen molar-refractivity contribution in [3.63, 3.8) is 0 Å². The van der Waals surface area contributed by atoms with Crippen LogP contribution in [0.2, 0.25) is 0 Å². The van der Waals surface area contributed by atoms with Crippen molar-refractivity contribution in [2.24, 2.45) is 0 Å². The van der Waals surface area contributed by atoms with Gasteiger partial charge in [0.25, 0.3) is 5.69 Å². The van der Waals surface area contributed by atoms with Gasteiger partial charge in [0.1, 0.15) is 0 Å². The van der Waals surface area contributed by atoms with Crippen molar-refractivity contribution in [3.8, 4) is 0 Å². The van der Waals surface area contributed by atoms with E-state index in [1.54, 1.807) is 6.92 Å². The fourth-order valence-electron chi connectivity index (χ4n) is 2.41. The molecule has 0 bridgehead atoms. The van der Waals surface area contributed by atoms with Gasteiger partial charge in [0.15, 0.2) is 0 Å². The summed E-state index contributed by atoms with van der Waals surface area (Å²) in [6.07, 6.45) is 1.66. The minimum Gasteiger partial charge on any atom is -0.258 e. The van der Waals surface area contributed by atoms with E-state index in [2.05, 4.69) is 0 Å². The number of rotatable bonds is 6. The van der Waals surface area contributed by atoms with Crippen LogP contribution in [0.3, 0.4) is 0 Å². The van der Waals surface area contributed by atoms with E-state index in [1.165, 1.54) is 27.8 Å². The van der Waals surface area contributed by atoms with E-state index in [0.717, 1.165) is 23.8 Å². The standard InChI is InChI=1S/C15H16N2O4S2/c1-11-4-7-14(9-15(11)17(18)19)23(20,21)16(12-5-6-12)10-13-3-2-8-22-13/h2-4,7-9,12H,5-6,10H2,1H3. The number of aryl methyl sites for hydroxylation is 1. The van der Waals surface area contributed by atoms with Crippen LogP contribution < -0.4 is 0 Å². The molecular formula is C15H16N2O4S2. The van der Waals surface area contributed by atoms with Gasteiger partial charge in [-0.3, -0.25) is 10.1 Å². The third-order valence-corrected chi connectivity index (χ3v) is 6.59. The topological polar surface area (TPSA) is 80.5 Å². The van der Waals surface area contributed by atoms with Crippen LogP contribution in [0.25, 0.3) is 0 Å². The molecule has 0 saturated heterocycles. The Kier molecular flexibility index (Phi) is 4.22. The van der Waals surface area contributed by atoms with Crippen LogP contribution in [-0.4, -0.2) is 23.7 Å². The zero-order chi connectivity index (χ0) is 16.6. The van der Waals surface area contributed by atoms with Gasteiger partial charge in [0.05, 0.1) is 9.82 Å². The first kappa shape index (κ1) is 16.1. The molecule has 0 N–H and O–H groups in total. The number of hydrogen-bond donors (Lipinski definition) is 0. The second-order valence-electron chi connectivity index (χ2n) is 5.57. The summed E-state index contributed by atoms with van der Waals surface area (Å²) in [5, 5.41) is 13.0. The number of sulfonamides is 1. The summed E-state index contributed by atoms with van der Waals surface area (Å²) in [6, 6.07) is 7.86. The summed E-state index contributed by atoms with van der Waals surface area (Å²) in [6.45, 7) is 1.91. The molecule has 122 valence electrons. The molecule has 0 radical (unpaired) electrons. The van der Waals surface area contributed by atoms with Gasteiger partial charge in [-0.15, -0.1) is 11.3 Å². The third-order valence-electron chi connectivity index (χ3n) is 3.83. The van der Waals surface area contributed by atoms with E-state index < -0.39 is 14.9 Å². The first-order chi connectivity index (χ1) is 10.9. The molecule has 0 spiro atoms. The second-order valence-corrected chi connectivity index (χ2v) is 8.49. The summed E-state index contributed by atoms with van der Waals surface area (Å²) in [5.74, 6) is 0. The average molecular weight is 352 g/mol. The summed E-state index contributed by atoms with van der Waals surface area (Å²) in [7, 11) is -3.75. The molecule has 1 aliphatic rings. The number of nitrogens with zero attached hydrogens (tertiary/aromatic N) is 2. The van der Waals surface area contributed by atoms with E-state index in [9.17, 15) is 18.5 Å². The monoisotopic (exact) mass is 352 g/mol. The summed E-state index contributed by atoms with van der Waals surface area (Å²) >= 11 is 1.50. The summed E-state index contributed by atoms with van der Waals surface area (Å²) in [4.78, 5) is 11.5. The molecule has 8 heteroatoms. The first-order valence-electron chi connectivity index (χ1n) is 7.19. The van der Waals surface area contributed by atoms with Crippen LogP contribution in [0.4, 0.5) is 5.69 Å². The van der Waals surface area contributed by atoms with Crippen LogP contribution in [0.5, 0.6) is 0 Å². The smallest absolute Gasteiger partial charge is 0.258 e. The van der Waals surface area contributed by atoms with E-state index in [1.807, 2.05) is 17.5 Å². The molecule has 23 heavy (non-hydrogen) atoms. The van der Waals surface area contributed by atoms with Gasteiger partial charge >= 0.3 is 0 Å². The third kappa shape index (κ3) is 3.29. The lowest BCUT2D eigenvalue weighted by atomic mass is 10.2. The van der Waals surface area contributed by atoms with Gasteiger partial charge in [0, 0.05) is 29.1 Å². The van der Waals surface area contributed by atoms with E-state index >= 15 is 0 Å². The SMILES string of the molecule is Cc1ccc(S(=O)(=O)N(Cc2cccs2)C2CC2)cc1[N+](=O)[O-]. The molecule has 1 aromatic heterocycles. The maximum absolute atomic E-state index is 12.9. The molecule has 0 atom stereocenters. The van der Waals surface area contributed by atoms with Gasteiger partial charge in [0.2, 0.25) is 10.0 Å². The summed E-state index contributed by atoms with van der Waals surface area (Å²) < 4.78 is 27.3. The molecule has 6 nitrogen and oxygen atoms in total. The van der Waals surface area contributed by atoms with Crippen molar-refractivity contribution in [1.82, 2.24) is 4.31 Å². The Morgan fingerprint density at radius 3 is 2.65 bits per heavy atom. The zero-order valence-corrected chi connectivity index (χ0v) is 14.1. The molecule has 2 aromatic rings. The van der Waals surface area contributed by atoms with Crippen LogP contribution in [0.15, 0.2) is 40.6 Å². The van der Waals surface area contributed by atoms with E-state index in [-0.39, 0.29) is 16.6 Å². The van der Waals surface area contributed by atoms with Gasteiger partial charge in [-0.05, 0) is 37.3 Å². The highest BCUT2D eigenvalue weighted by Gasteiger charge is 2.38. The molecule has 1 heterocycles. The van der Waals surface area contributed by atoms with Crippen LogP contribution in [0, 0.1) is 17.0 Å². The molecule has 1 fully saturated rings. The summed E-state index contributed by atoms with van der Waals surface area (Å²) in [5.41, 5.74) is 0.281. The average Bonchev–Trinajstić information content (AvgIpc) is 3.20. The molecule has 1 saturated carbocycles. The lowest BCUT2D eigenvalue weighted by Crippen LogP contribution is -2.32. The number of nitro groups is 1. The van der Waals surface area contributed by atoms with Crippen molar-refractivity contribution in [2.45, 2.75) is 37.2 Å². The Hall–Kier alpha value is -1.77. The predicted molar refractivity (Wildman–Crippen MR) is 87.9 cm³/mol. The zero-order valence-electron chi connectivity index (χ0n) is 12.5. The van der Waals surface area contributed by atoms with E-state index in [0.29, 0.717) is 12.1 Å². The number of hydrogen-bond acceptors (Lipinski definition) is 5. The Bertz CT molecular complexity index is 827.